The van der Waals surface area contributed by atoms with Crippen LogP contribution < -0.4 is 0 Å². The molecule has 6 heteroatoms. The number of aromatic nitrogens is 3. The first-order valence-electron chi connectivity index (χ1n) is 7.41. The Kier molecular flexibility index (Phi) is 4.52. The molecular formula is C16H21N3O3. The molecule has 0 bridgehead atoms. The predicted octanol–water partition coefficient (Wildman–Crippen LogP) is 1.43. The van der Waals surface area contributed by atoms with E-state index >= 15 is 0 Å². The molecule has 2 unspecified atom stereocenters. The molecule has 1 aromatic heterocycles. The van der Waals surface area contributed by atoms with Crippen LogP contribution in [-0.4, -0.2) is 46.0 Å². The second-order valence-corrected chi connectivity index (χ2v) is 6.05. The summed E-state index contributed by atoms with van der Waals surface area (Å²) in [5.41, 5.74) is 0.673. The highest BCUT2D eigenvalue weighted by Crippen LogP contribution is 2.33. The Morgan fingerprint density at radius 1 is 1.27 bits per heavy atom. The molecule has 0 radical (unpaired) electrons. The molecule has 2 heterocycles. The molecule has 1 saturated heterocycles. The zero-order valence-electron chi connectivity index (χ0n) is 12.6. The number of aliphatic hydroxyl groups is 1. The molecule has 2 aromatic rings. The van der Waals surface area contributed by atoms with Crippen molar-refractivity contribution in [1.29, 1.82) is 0 Å². The second-order valence-electron chi connectivity index (χ2n) is 6.05. The van der Waals surface area contributed by atoms with Gasteiger partial charge < -0.3 is 14.6 Å². The summed E-state index contributed by atoms with van der Waals surface area (Å²) in [6.07, 6.45) is 3.14. The summed E-state index contributed by atoms with van der Waals surface area (Å²) < 4.78 is 12.5. The first-order chi connectivity index (χ1) is 10.7. The van der Waals surface area contributed by atoms with Gasteiger partial charge in [0, 0.05) is 5.41 Å². The maximum Gasteiger partial charge on any atom is 0.146 e. The van der Waals surface area contributed by atoms with Crippen LogP contribution in [0.4, 0.5) is 0 Å². The van der Waals surface area contributed by atoms with Gasteiger partial charge in [0.2, 0.25) is 0 Å². The molecule has 2 atom stereocenters. The average molecular weight is 303 g/mol. The molecule has 1 aliphatic rings. The number of nitrogens with zero attached hydrogens (tertiary/aromatic N) is 3. The van der Waals surface area contributed by atoms with E-state index in [-0.39, 0.29) is 12.8 Å². The Hall–Kier alpha value is -1.76. The zero-order chi connectivity index (χ0) is 15.4. The average Bonchev–Trinajstić information content (AvgIpc) is 3.08. The van der Waals surface area contributed by atoms with E-state index in [0.717, 1.165) is 5.56 Å². The van der Waals surface area contributed by atoms with Crippen molar-refractivity contribution in [3.63, 3.8) is 0 Å². The van der Waals surface area contributed by atoms with Gasteiger partial charge in [-0.2, -0.15) is 5.10 Å². The summed E-state index contributed by atoms with van der Waals surface area (Å²) in [7, 11) is 0. The zero-order valence-corrected chi connectivity index (χ0v) is 12.6. The van der Waals surface area contributed by atoms with Crippen molar-refractivity contribution in [2.75, 3.05) is 20.0 Å². The van der Waals surface area contributed by atoms with Gasteiger partial charge in [0.25, 0.3) is 0 Å². The van der Waals surface area contributed by atoms with Gasteiger partial charge in [0.05, 0.1) is 25.4 Å². The smallest absolute Gasteiger partial charge is 0.146 e. The van der Waals surface area contributed by atoms with E-state index in [0.29, 0.717) is 19.6 Å². The number of ether oxygens (including phenoxy) is 2. The third kappa shape index (κ3) is 3.19. The minimum atomic E-state index is -0.658. The molecule has 118 valence electrons. The van der Waals surface area contributed by atoms with E-state index in [4.69, 9.17) is 9.47 Å². The van der Waals surface area contributed by atoms with Gasteiger partial charge >= 0.3 is 0 Å². The van der Waals surface area contributed by atoms with Crippen LogP contribution in [-0.2, 0) is 15.9 Å². The molecular weight excluding hydrogens is 282 g/mol. The minimum absolute atomic E-state index is 0.222. The van der Waals surface area contributed by atoms with Crippen molar-refractivity contribution in [3.8, 4) is 0 Å². The van der Waals surface area contributed by atoms with Crippen molar-refractivity contribution in [2.45, 2.75) is 25.5 Å². The van der Waals surface area contributed by atoms with E-state index in [1.807, 2.05) is 37.3 Å². The van der Waals surface area contributed by atoms with Gasteiger partial charge in [-0.3, -0.25) is 0 Å². The molecule has 0 saturated carbocycles. The van der Waals surface area contributed by atoms with Crippen molar-refractivity contribution >= 4 is 0 Å². The fourth-order valence-corrected chi connectivity index (χ4v) is 2.88. The van der Waals surface area contributed by atoms with Gasteiger partial charge in [-0.15, -0.1) is 0 Å². The van der Waals surface area contributed by atoms with Crippen molar-refractivity contribution < 1.29 is 14.6 Å². The monoisotopic (exact) mass is 303 g/mol. The lowest BCUT2D eigenvalue weighted by atomic mass is 9.80. The van der Waals surface area contributed by atoms with E-state index in [2.05, 4.69) is 10.1 Å². The fourth-order valence-electron chi connectivity index (χ4n) is 2.88. The summed E-state index contributed by atoms with van der Waals surface area (Å²) in [5.74, 6) is 0. The van der Waals surface area contributed by atoms with Gasteiger partial charge in [-0.1, -0.05) is 37.3 Å². The molecule has 1 fully saturated rings. The summed E-state index contributed by atoms with van der Waals surface area (Å²) in [6, 6.07) is 9.84. The van der Waals surface area contributed by atoms with E-state index in [1.165, 1.54) is 6.33 Å². The Labute approximate surface area is 129 Å². The highest BCUT2D eigenvalue weighted by molar-refractivity contribution is 5.16. The molecule has 22 heavy (non-hydrogen) atoms. The lowest BCUT2D eigenvalue weighted by molar-refractivity contribution is -0.196. The number of benzene rings is 1. The van der Waals surface area contributed by atoms with Crippen LogP contribution >= 0.6 is 0 Å². The van der Waals surface area contributed by atoms with E-state index < -0.39 is 11.5 Å². The molecule has 6 nitrogen and oxygen atoms in total. The molecule has 1 N–H and O–H groups in total. The van der Waals surface area contributed by atoms with Crippen LogP contribution in [0.1, 0.15) is 18.5 Å². The Balaban J connectivity index is 1.85. The summed E-state index contributed by atoms with van der Waals surface area (Å²) >= 11 is 0. The quantitative estimate of drug-likeness (QED) is 0.905. The van der Waals surface area contributed by atoms with Crippen LogP contribution in [0.15, 0.2) is 43.0 Å². The lowest BCUT2D eigenvalue weighted by Crippen LogP contribution is -2.48. The van der Waals surface area contributed by atoms with Crippen LogP contribution in [0.25, 0.3) is 0 Å². The number of hydrogen-bond donors (Lipinski definition) is 1. The molecule has 1 aromatic carbocycles. The molecule has 1 aliphatic heterocycles. The van der Waals surface area contributed by atoms with Gasteiger partial charge in [-0.25, -0.2) is 9.67 Å². The van der Waals surface area contributed by atoms with Crippen LogP contribution in [0.5, 0.6) is 0 Å². The molecule has 0 amide bonds. The Bertz CT molecular complexity index is 568. The second kappa shape index (κ2) is 6.56. The maximum absolute atomic E-state index is 11.0. The minimum Gasteiger partial charge on any atom is -0.390 e. The van der Waals surface area contributed by atoms with Gasteiger partial charge in [0.1, 0.15) is 19.4 Å². The number of hydrogen-bond acceptors (Lipinski definition) is 5. The first kappa shape index (κ1) is 15.1. The van der Waals surface area contributed by atoms with Crippen molar-refractivity contribution in [1.82, 2.24) is 14.8 Å². The highest BCUT2D eigenvalue weighted by atomic mass is 16.7. The van der Waals surface area contributed by atoms with Gasteiger partial charge in [0.15, 0.2) is 0 Å². The predicted molar refractivity (Wildman–Crippen MR) is 80.1 cm³/mol. The van der Waals surface area contributed by atoms with Crippen molar-refractivity contribution in [3.05, 3.63) is 48.5 Å². The lowest BCUT2D eigenvalue weighted by Gasteiger charge is -2.40. The summed E-state index contributed by atoms with van der Waals surface area (Å²) in [4.78, 5) is 4.01. The molecule has 0 aliphatic carbocycles. The third-order valence-corrected chi connectivity index (χ3v) is 4.17. The Morgan fingerprint density at radius 3 is 2.64 bits per heavy atom. The summed E-state index contributed by atoms with van der Waals surface area (Å²) in [5, 5.41) is 15.2. The molecule has 0 spiro atoms. The van der Waals surface area contributed by atoms with Crippen LogP contribution in [0, 0.1) is 5.41 Å². The molecule has 3 rings (SSSR count). The SMILES string of the molecule is CC1(C(O)C(Cc2ccccc2)n2cncn2)COCOC1. The first-order valence-corrected chi connectivity index (χ1v) is 7.41. The number of rotatable bonds is 5. The standard InChI is InChI=1S/C16H21N3O3/c1-16(8-21-12-22-9-16)15(20)14(19-11-17-10-18-19)7-13-5-3-2-4-6-13/h2-6,10-11,14-15,20H,7-9,12H2,1H3. The fraction of sp³-hybridized carbons (Fsp3) is 0.500. The van der Waals surface area contributed by atoms with E-state index in [1.54, 1.807) is 11.0 Å². The topological polar surface area (TPSA) is 69.4 Å². The van der Waals surface area contributed by atoms with Crippen molar-refractivity contribution in [2.24, 2.45) is 5.41 Å². The van der Waals surface area contributed by atoms with Crippen LogP contribution in [0.2, 0.25) is 0 Å². The maximum atomic E-state index is 11.0. The third-order valence-electron chi connectivity index (χ3n) is 4.17. The Morgan fingerprint density at radius 2 is 2.00 bits per heavy atom. The van der Waals surface area contributed by atoms with Gasteiger partial charge in [-0.05, 0) is 12.0 Å². The largest absolute Gasteiger partial charge is 0.390 e. The number of aliphatic hydroxyl groups excluding tert-OH is 1. The van der Waals surface area contributed by atoms with Crippen LogP contribution in [0.3, 0.4) is 0 Å². The summed E-state index contributed by atoms with van der Waals surface area (Å²) in [6.45, 7) is 3.20. The normalized spacial score (nSPS) is 20.5. The highest BCUT2D eigenvalue weighted by Gasteiger charge is 2.41. The van der Waals surface area contributed by atoms with E-state index in [9.17, 15) is 5.11 Å².